The molecule has 4 unspecified atom stereocenters. The van der Waals surface area contributed by atoms with E-state index in [0.717, 1.165) is 6.54 Å². The number of hydrogen-bond donors (Lipinski definition) is 0. The summed E-state index contributed by atoms with van der Waals surface area (Å²) in [6, 6.07) is 18.6. The summed E-state index contributed by atoms with van der Waals surface area (Å²) >= 11 is 0. The maximum Gasteiger partial charge on any atom is 0.0437 e. The summed E-state index contributed by atoms with van der Waals surface area (Å²) in [5.41, 5.74) is 6.05. The zero-order valence-electron chi connectivity index (χ0n) is 15.9. The predicted octanol–water partition coefficient (Wildman–Crippen LogP) is 5.87. The van der Waals surface area contributed by atoms with Gasteiger partial charge < -0.3 is 4.90 Å². The summed E-state index contributed by atoms with van der Waals surface area (Å²) in [6.45, 7) is 8.19. The van der Waals surface area contributed by atoms with Gasteiger partial charge in [-0.2, -0.15) is 0 Å². The van der Waals surface area contributed by atoms with E-state index in [1.807, 2.05) is 0 Å². The van der Waals surface area contributed by atoms with E-state index < -0.39 is 0 Å². The van der Waals surface area contributed by atoms with Gasteiger partial charge in [0.1, 0.15) is 0 Å². The lowest BCUT2D eigenvalue weighted by molar-refractivity contribution is 0.260. The van der Waals surface area contributed by atoms with Gasteiger partial charge in [0.15, 0.2) is 0 Å². The van der Waals surface area contributed by atoms with Crippen LogP contribution in [0.2, 0.25) is 0 Å². The smallest absolute Gasteiger partial charge is 0.0437 e. The summed E-state index contributed by atoms with van der Waals surface area (Å²) in [5, 5.41) is 0. The lowest BCUT2D eigenvalue weighted by Gasteiger charge is -2.34. The number of fused-ring (bicyclic) bond motifs is 5. The van der Waals surface area contributed by atoms with Crippen LogP contribution in [0.4, 0.5) is 5.69 Å². The van der Waals surface area contributed by atoms with Crippen molar-refractivity contribution in [2.75, 3.05) is 4.90 Å². The molecule has 0 bridgehead atoms. The largest absolute Gasteiger partial charge is 0.363 e. The van der Waals surface area contributed by atoms with Crippen LogP contribution in [0.25, 0.3) is 0 Å². The van der Waals surface area contributed by atoms with Gasteiger partial charge in [-0.15, -0.1) is 0 Å². The van der Waals surface area contributed by atoms with E-state index in [4.69, 9.17) is 0 Å². The number of aryl methyl sites for hydroxylation is 1. The fraction of sp³-hybridized carbons (Fsp3) is 0.360. The molecule has 1 nitrogen and oxygen atoms in total. The van der Waals surface area contributed by atoms with Crippen LogP contribution in [-0.4, -0.2) is 6.04 Å². The van der Waals surface area contributed by atoms with Crippen LogP contribution in [0.3, 0.4) is 0 Å². The number of rotatable bonds is 2. The molecular weight excluding hydrogens is 314 g/mol. The van der Waals surface area contributed by atoms with Gasteiger partial charge in [0.25, 0.3) is 0 Å². The van der Waals surface area contributed by atoms with Gasteiger partial charge in [0.2, 0.25) is 0 Å². The Balaban J connectivity index is 1.65. The quantitative estimate of drug-likeness (QED) is 0.661. The highest BCUT2D eigenvalue weighted by molar-refractivity contribution is 5.65. The Hall–Kier alpha value is -2.28. The van der Waals surface area contributed by atoms with Gasteiger partial charge in [-0.3, -0.25) is 0 Å². The minimum absolute atomic E-state index is 0.268. The van der Waals surface area contributed by atoms with Gasteiger partial charge in [0.05, 0.1) is 0 Å². The van der Waals surface area contributed by atoms with Crippen molar-refractivity contribution >= 4 is 5.69 Å². The Labute approximate surface area is 157 Å². The van der Waals surface area contributed by atoms with E-state index >= 15 is 0 Å². The van der Waals surface area contributed by atoms with Crippen molar-refractivity contribution in [3.05, 3.63) is 89.5 Å². The minimum Gasteiger partial charge on any atom is -0.363 e. The zero-order valence-corrected chi connectivity index (χ0v) is 15.9. The average molecular weight is 341 g/mol. The van der Waals surface area contributed by atoms with E-state index in [0.29, 0.717) is 23.8 Å². The van der Waals surface area contributed by atoms with Crippen molar-refractivity contribution in [2.45, 2.75) is 39.3 Å². The van der Waals surface area contributed by atoms with Gasteiger partial charge in [-0.05, 0) is 35.4 Å². The molecule has 26 heavy (non-hydrogen) atoms. The molecule has 2 aromatic rings. The first-order valence-electron chi connectivity index (χ1n) is 9.83. The third-order valence-corrected chi connectivity index (χ3v) is 6.96. The maximum atomic E-state index is 2.70. The molecule has 1 aliphatic heterocycles. The lowest BCUT2D eigenvalue weighted by atomic mass is 9.71. The van der Waals surface area contributed by atoms with E-state index in [-0.39, 0.29) is 5.41 Å². The van der Waals surface area contributed by atoms with Crippen LogP contribution in [0.15, 0.2) is 72.8 Å². The van der Waals surface area contributed by atoms with Crippen LogP contribution in [0, 0.1) is 24.2 Å². The fourth-order valence-electron chi connectivity index (χ4n) is 5.85. The first kappa shape index (κ1) is 15.9. The summed E-state index contributed by atoms with van der Waals surface area (Å²) in [6.07, 6.45) is 9.43. The highest BCUT2D eigenvalue weighted by Gasteiger charge is 2.59. The molecule has 0 aromatic heterocycles. The minimum atomic E-state index is 0.268. The average Bonchev–Trinajstić information content (AvgIpc) is 3.08. The number of hydrogen-bond acceptors (Lipinski definition) is 1. The summed E-state index contributed by atoms with van der Waals surface area (Å²) in [5.74, 6) is 1.80. The normalized spacial score (nSPS) is 30.2. The second-order valence-corrected chi connectivity index (χ2v) is 8.84. The van der Waals surface area contributed by atoms with Crippen molar-refractivity contribution in [2.24, 2.45) is 17.3 Å². The second-order valence-electron chi connectivity index (χ2n) is 8.84. The topological polar surface area (TPSA) is 3.24 Å². The van der Waals surface area contributed by atoms with Crippen LogP contribution in [0.5, 0.6) is 0 Å². The molecule has 1 heteroatoms. The number of nitrogens with zero attached hydrogens (tertiary/aromatic N) is 1. The highest BCUT2D eigenvalue weighted by Crippen LogP contribution is 2.64. The summed E-state index contributed by atoms with van der Waals surface area (Å²) < 4.78 is 0. The molecular formula is C25H27N. The second kappa shape index (κ2) is 5.61. The molecule has 0 spiro atoms. The SMILES string of the molecule is Cc1ccc2c(c1)C1C(C3C=CC=CC3C1(C)C)N2Cc1ccccc1. The standard InChI is InChI=1S/C25H27N/c1-17-13-14-22-20(15-17)23-24(26(22)16-18-9-5-4-6-10-18)19-11-7-8-12-21(19)25(23,2)3/h4-15,19,21,23-24H,16H2,1-3H3. The van der Waals surface area contributed by atoms with Crippen molar-refractivity contribution in [1.82, 2.24) is 0 Å². The fourth-order valence-corrected chi connectivity index (χ4v) is 5.85. The molecule has 1 fully saturated rings. The number of anilines is 1. The number of benzene rings is 2. The molecule has 1 saturated carbocycles. The molecule has 0 amide bonds. The van der Waals surface area contributed by atoms with E-state index in [9.17, 15) is 0 Å². The van der Waals surface area contributed by atoms with Crippen LogP contribution in [0.1, 0.15) is 36.5 Å². The lowest BCUT2D eigenvalue weighted by Crippen LogP contribution is -2.37. The molecule has 0 radical (unpaired) electrons. The van der Waals surface area contributed by atoms with Gasteiger partial charge in [0, 0.05) is 30.1 Å². The van der Waals surface area contributed by atoms with Crippen LogP contribution >= 0.6 is 0 Å². The molecule has 132 valence electrons. The Morgan fingerprint density at radius 2 is 1.73 bits per heavy atom. The Bertz CT molecular complexity index is 890. The molecule has 2 aromatic carbocycles. The van der Waals surface area contributed by atoms with Gasteiger partial charge in [-0.1, -0.05) is 86.2 Å². The first-order valence-corrected chi connectivity index (χ1v) is 9.83. The Kier molecular flexibility index (Phi) is 3.44. The third-order valence-electron chi connectivity index (χ3n) is 6.96. The van der Waals surface area contributed by atoms with Crippen molar-refractivity contribution in [3.8, 4) is 0 Å². The van der Waals surface area contributed by atoms with Crippen molar-refractivity contribution in [1.29, 1.82) is 0 Å². The van der Waals surface area contributed by atoms with Gasteiger partial charge >= 0.3 is 0 Å². The molecule has 3 aliphatic rings. The third kappa shape index (κ3) is 2.16. The Morgan fingerprint density at radius 1 is 0.962 bits per heavy atom. The van der Waals surface area contributed by atoms with E-state index in [1.54, 1.807) is 5.56 Å². The number of allylic oxidation sites excluding steroid dienone is 3. The highest BCUT2D eigenvalue weighted by atomic mass is 15.2. The first-order chi connectivity index (χ1) is 12.6. The molecule has 0 N–H and O–H groups in total. The molecule has 0 saturated heterocycles. The Morgan fingerprint density at radius 3 is 2.54 bits per heavy atom. The molecule has 2 aliphatic carbocycles. The monoisotopic (exact) mass is 341 g/mol. The molecule has 1 heterocycles. The molecule has 5 rings (SSSR count). The van der Waals surface area contributed by atoms with Crippen LogP contribution < -0.4 is 4.90 Å². The van der Waals surface area contributed by atoms with Crippen molar-refractivity contribution < 1.29 is 0 Å². The maximum absolute atomic E-state index is 2.70. The molecule has 4 atom stereocenters. The zero-order chi connectivity index (χ0) is 17.9. The van der Waals surface area contributed by atoms with Gasteiger partial charge in [-0.25, -0.2) is 0 Å². The van der Waals surface area contributed by atoms with Crippen molar-refractivity contribution in [3.63, 3.8) is 0 Å². The summed E-state index contributed by atoms with van der Waals surface area (Å²) in [4.78, 5) is 2.70. The van der Waals surface area contributed by atoms with Crippen LogP contribution in [-0.2, 0) is 6.54 Å². The van der Waals surface area contributed by atoms with E-state index in [1.165, 1.54) is 16.8 Å². The predicted molar refractivity (Wildman–Crippen MR) is 109 cm³/mol. The summed E-state index contributed by atoms with van der Waals surface area (Å²) in [7, 11) is 0. The van der Waals surface area contributed by atoms with E-state index in [2.05, 4.69) is 98.5 Å².